The van der Waals surface area contributed by atoms with Crippen molar-refractivity contribution in [2.24, 2.45) is 0 Å². The van der Waals surface area contributed by atoms with Gasteiger partial charge in [-0.3, -0.25) is 4.98 Å². The van der Waals surface area contributed by atoms with Crippen LogP contribution in [0.3, 0.4) is 0 Å². The smallest absolute Gasteiger partial charge is 0.339 e. The Morgan fingerprint density at radius 2 is 2.00 bits per heavy atom. The molecule has 0 fully saturated rings. The SMILES string of the molecule is O=C(OCCC1SC=CS1)c1cccnc1CCc1ccc2c(c1)OCO2. The second-order valence-corrected chi connectivity index (χ2v) is 8.61. The summed E-state index contributed by atoms with van der Waals surface area (Å²) in [6, 6.07) is 9.46. The van der Waals surface area contributed by atoms with E-state index < -0.39 is 0 Å². The van der Waals surface area contributed by atoms with Crippen molar-refractivity contribution in [1.82, 2.24) is 4.98 Å². The molecule has 0 amide bonds. The highest BCUT2D eigenvalue weighted by atomic mass is 32.2. The van der Waals surface area contributed by atoms with Crippen molar-refractivity contribution in [1.29, 1.82) is 0 Å². The van der Waals surface area contributed by atoms with Gasteiger partial charge in [-0.2, -0.15) is 0 Å². The van der Waals surface area contributed by atoms with Gasteiger partial charge in [0.15, 0.2) is 11.5 Å². The Hall–Kier alpha value is -2.12. The lowest BCUT2D eigenvalue weighted by atomic mass is 10.0. The maximum atomic E-state index is 12.5. The molecule has 0 spiro atoms. The average Bonchev–Trinajstić information content (AvgIpc) is 3.38. The van der Waals surface area contributed by atoms with Crippen LogP contribution in [0.5, 0.6) is 11.5 Å². The number of pyridine rings is 1. The summed E-state index contributed by atoms with van der Waals surface area (Å²) in [5, 5.41) is 4.15. The number of aromatic nitrogens is 1. The first-order valence-corrected chi connectivity index (χ1v) is 10.6. The fraction of sp³-hybridized carbons (Fsp3) is 0.300. The topological polar surface area (TPSA) is 57.7 Å². The predicted octanol–water partition coefficient (Wildman–Crippen LogP) is 4.42. The Morgan fingerprint density at radius 3 is 2.89 bits per heavy atom. The number of rotatable bonds is 7. The molecule has 2 aromatic rings. The lowest BCUT2D eigenvalue weighted by molar-refractivity contribution is 0.0503. The third-order valence-corrected chi connectivity index (χ3v) is 6.80. The third-order valence-electron chi connectivity index (χ3n) is 4.30. The number of fused-ring (bicyclic) bond motifs is 1. The highest BCUT2D eigenvalue weighted by molar-refractivity contribution is 8.22. The van der Waals surface area contributed by atoms with Gasteiger partial charge in [-0.05, 0) is 53.5 Å². The summed E-state index contributed by atoms with van der Waals surface area (Å²) in [6.45, 7) is 0.685. The molecule has 0 aliphatic carbocycles. The van der Waals surface area contributed by atoms with E-state index in [0.29, 0.717) is 23.2 Å². The minimum absolute atomic E-state index is 0.267. The number of hydrogen-bond acceptors (Lipinski definition) is 7. The number of aryl methyl sites for hydroxylation is 2. The van der Waals surface area contributed by atoms with Crippen molar-refractivity contribution in [3.05, 3.63) is 64.2 Å². The maximum Gasteiger partial charge on any atom is 0.339 e. The number of carbonyl (C=O) groups excluding carboxylic acids is 1. The molecular weight excluding hydrogens is 382 g/mol. The lowest BCUT2D eigenvalue weighted by Crippen LogP contribution is -2.12. The van der Waals surface area contributed by atoms with E-state index in [-0.39, 0.29) is 12.8 Å². The molecule has 1 aromatic heterocycles. The lowest BCUT2D eigenvalue weighted by Gasteiger charge is -2.11. The molecule has 1 aromatic carbocycles. The number of benzene rings is 1. The molecule has 7 heteroatoms. The van der Waals surface area contributed by atoms with Crippen molar-refractivity contribution in [3.63, 3.8) is 0 Å². The summed E-state index contributed by atoms with van der Waals surface area (Å²) in [5.74, 6) is 1.24. The summed E-state index contributed by atoms with van der Waals surface area (Å²) >= 11 is 3.53. The van der Waals surface area contributed by atoms with Crippen LogP contribution in [0.4, 0.5) is 0 Å². The molecule has 140 valence electrons. The van der Waals surface area contributed by atoms with Crippen molar-refractivity contribution >= 4 is 29.5 Å². The van der Waals surface area contributed by atoms with E-state index in [1.54, 1.807) is 41.9 Å². The molecule has 5 nitrogen and oxygen atoms in total. The summed E-state index contributed by atoms with van der Waals surface area (Å²) in [7, 11) is 0. The number of ether oxygens (including phenoxy) is 3. The molecule has 0 unspecified atom stereocenters. The predicted molar refractivity (Wildman–Crippen MR) is 107 cm³/mol. The zero-order valence-electron chi connectivity index (χ0n) is 14.6. The molecule has 2 aliphatic heterocycles. The minimum Gasteiger partial charge on any atom is -0.462 e. The standard InChI is InChI=1S/C20H19NO4S2/c22-20(23-9-7-19-26-10-11-27-19)15-2-1-8-21-16(15)5-3-14-4-6-17-18(12-14)25-13-24-17/h1-2,4,6,8,10-12,19H,3,5,7,9,13H2. The van der Waals surface area contributed by atoms with Gasteiger partial charge in [0.05, 0.1) is 22.4 Å². The molecule has 0 radical (unpaired) electrons. The van der Waals surface area contributed by atoms with Gasteiger partial charge >= 0.3 is 5.97 Å². The van der Waals surface area contributed by atoms with E-state index in [4.69, 9.17) is 14.2 Å². The zero-order chi connectivity index (χ0) is 18.5. The van der Waals surface area contributed by atoms with Crippen molar-refractivity contribution in [2.75, 3.05) is 13.4 Å². The van der Waals surface area contributed by atoms with Gasteiger partial charge < -0.3 is 14.2 Å². The Balaban J connectivity index is 1.35. The molecule has 3 heterocycles. The Bertz CT molecular complexity index is 848. The number of nitrogens with zero attached hydrogens (tertiary/aromatic N) is 1. The van der Waals surface area contributed by atoms with E-state index in [0.717, 1.165) is 35.6 Å². The first kappa shape index (κ1) is 18.3. The first-order chi connectivity index (χ1) is 13.3. The Kier molecular flexibility index (Phi) is 5.89. The average molecular weight is 402 g/mol. The van der Waals surface area contributed by atoms with Gasteiger partial charge in [0.25, 0.3) is 0 Å². The quantitative estimate of drug-likeness (QED) is 0.637. The highest BCUT2D eigenvalue weighted by Gasteiger charge is 2.17. The van der Waals surface area contributed by atoms with Crippen LogP contribution in [0.1, 0.15) is 28.0 Å². The summed E-state index contributed by atoms with van der Waals surface area (Å²) in [5.41, 5.74) is 2.42. The van der Waals surface area contributed by atoms with E-state index in [1.165, 1.54) is 0 Å². The first-order valence-electron chi connectivity index (χ1n) is 8.75. The fourth-order valence-electron chi connectivity index (χ4n) is 2.92. The van der Waals surface area contributed by atoms with E-state index in [2.05, 4.69) is 15.8 Å². The molecular formula is C20H19NO4S2. The van der Waals surface area contributed by atoms with E-state index in [1.807, 2.05) is 18.2 Å². The van der Waals surface area contributed by atoms with Crippen LogP contribution >= 0.6 is 23.5 Å². The zero-order valence-corrected chi connectivity index (χ0v) is 16.3. The molecule has 4 rings (SSSR count). The maximum absolute atomic E-state index is 12.5. The molecule has 0 saturated carbocycles. The van der Waals surface area contributed by atoms with Crippen molar-refractivity contribution in [3.8, 4) is 11.5 Å². The molecule has 0 N–H and O–H groups in total. The van der Waals surface area contributed by atoms with Crippen LogP contribution in [-0.2, 0) is 17.6 Å². The van der Waals surface area contributed by atoms with Gasteiger partial charge in [-0.1, -0.05) is 6.07 Å². The van der Waals surface area contributed by atoms with Crippen LogP contribution < -0.4 is 9.47 Å². The Labute approximate surface area is 166 Å². The van der Waals surface area contributed by atoms with Gasteiger partial charge in [0, 0.05) is 12.6 Å². The van der Waals surface area contributed by atoms with E-state index >= 15 is 0 Å². The van der Waals surface area contributed by atoms with Gasteiger partial charge in [-0.15, -0.1) is 23.5 Å². The van der Waals surface area contributed by atoms with Crippen LogP contribution in [-0.4, -0.2) is 28.9 Å². The minimum atomic E-state index is -0.301. The van der Waals surface area contributed by atoms with Crippen molar-refractivity contribution in [2.45, 2.75) is 23.8 Å². The summed E-state index contributed by atoms with van der Waals surface area (Å²) in [4.78, 5) is 16.9. The van der Waals surface area contributed by atoms with Crippen LogP contribution in [0.2, 0.25) is 0 Å². The number of carbonyl (C=O) groups is 1. The largest absolute Gasteiger partial charge is 0.462 e. The van der Waals surface area contributed by atoms with Gasteiger partial charge in [0.1, 0.15) is 0 Å². The molecule has 0 bridgehead atoms. The monoisotopic (exact) mass is 401 g/mol. The number of hydrogen-bond donors (Lipinski definition) is 0. The normalized spacial score (nSPS) is 15.3. The summed E-state index contributed by atoms with van der Waals surface area (Å²) < 4.78 is 16.7. The van der Waals surface area contributed by atoms with Gasteiger partial charge in [0.2, 0.25) is 6.79 Å². The highest BCUT2D eigenvalue weighted by Crippen LogP contribution is 2.35. The molecule has 27 heavy (non-hydrogen) atoms. The van der Waals surface area contributed by atoms with Crippen LogP contribution in [0.25, 0.3) is 0 Å². The van der Waals surface area contributed by atoms with Crippen LogP contribution in [0.15, 0.2) is 47.3 Å². The number of thioether (sulfide) groups is 2. The second-order valence-electron chi connectivity index (χ2n) is 6.08. The summed E-state index contributed by atoms with van der Waals surface area (Å²) in [6.07, 6.45) is 3.96. The Morgan fingerprint density at radius 1 is 1.15 bits per heavy atom. The molecule has 0 saturated heterocycles. The second kappa shape index (κ2) is 8.71. The molecule has 2 aliphatic rings. The van der Waals surface area contributed by atoms with Crippen molar-refractivity contribution < 1.29 is 19.0 Å². The number of esters is 1. The van der Waals surface area contributed by atoms with E-state index in [9.17, 15) is 4.79 Å². The fourth-order valence-corrected chi connectivity index (χ4v) is 4.89. The molecule has 0 atom stereocenters. The van der Waals surface area contributed by atoms with Crippen LogP contribution in [0, 0.1) is 0 Å². The van der Waals surface area contributed by atoms with Gasteiger partial charge in [-0.25, -0.2) is 4.79 Å². The third kappa shape index (κ3) is 4.59.